The summed E-state index contributed by atoms with van der Waals surface area (Å²) in [5.41, 5.74) is 6.41. The van der Waals surface area contributed by atoms with Crippen molar-refractivity contribution in [2.24, 2.45) is 5.73 Å². The van der Waals surface area contributed by atoms with E-state index in [0.29, 0.717) is 15.7 Å². The number of rotatable bonds is 3. The van der Waals surface area contributed by atoms with E-state index in [0.717, 1.165) is 6.07 Å². The van der Waals surface area contributed by atoms with Crippen LogP contribution >= 0.6 is 15.9 Å². The van der Waals surface area contributed by atoms with Gasteiger partial charge in [0.2, 0.25) is 11.7 Å². The molecule has 0 bridgehead atoms. The third-order valence-corrected chi connectivity index (χ3v) is 3.18. The van der Waals surface area contributed by atoms with Crippen LogP contribution in [0.1, 0.15) is 21.6 Å². The molecule has 4 nitrogen and oxygen atoms in total. The number of carbonyl (C=O) groups excluding carboxylic acids is 1. The van der Waals surface area contributed by atoms with Gasteiger partial charge in [-0.05, 0) is 37.6 Å². The lowest BCUT2D eigenvalue weighted by atomic mass is 10.1. The van der Waals surface area contributed by atoms with E-state index in [4.69, 9.17) is 10.5 Å². The van der Waals surface area contributed by atoms with E-state index < -0.39 is 17.5 Å². The maximum absolute atomic E-state index is 13.7. The minimum Gasteiger partial charge on any atom is -0.435 e. The minimum atomic E-state index is -1.17. The second kappa shape index (κ2) is 5.77. The molecule has 1 aromatic heterocycles. The number of nitrogens with zero attached hydrogens (tertiary/aromatic N) is 1. The van der Waals surface area contributed by atoms with Crippen LogP contribution in [0, 0.1) is 25.5 Å². The Balaban J connectivity index is 2.57. The summed E-state index contributed by atoms with van der Waals surface area (Å²) in [6.45, 7) is 3.34. The Kier molecular flexibility index (Phi) is 4.22. The highest BCUT2D eigenvalue weighted by atomic mass is 79.9. The number of aryl methyl sites for hydroxylation is 2. The van der Waals surface area contributed by atoms with Gasteiger partial charge in [-0.15, -0.1) is 0 Å². The summed E-state index contributed by atoms with van der Waals surface area (Å²) in [4.78, 5) is 15.5. The van der Waals surface area contributed by atoms with E-state index in [2.05, 4.69) is 20.9 Å². The van der Waals surface area contributed by atoms with Crippen LogP contribution in [-0.2, 0) is 0 Å². The molecular weight excluding hydrogens is 346 g/mol. The Bertz CT molecular complexity index is 735. The fraction of sp³-hybridized carbons (Fsp3) is 0.143. The highest BCUT2D eigenvalue weighted by molar-refractivity contribution is 9.10. The Morgan fingerprint density at radius 2 is 1.95 bits per heavy atom. The van der Waals surface area contributed by atoms with E-state index in [1.807, 2.05) is 0 Å². The summed E-state index contributed by atoms with van der Waals surface area (Å²) in [7, 11) is 0. The minimum absolute atomic E-state index is 0.0281. The molecule has 2 N–H and O–H groups in total. The number of primary amides is 1. The van der Waals surface area contributed by atoms with E-state index in [-0.39, 0.29) is 17.2 Å². The number of benzene rings is 1. The van der Waals surface area contributed by atoms with Crippen LogP contribution in [0.3, 0.4) is 0 Å². The molecule has 0 aliphatic carbocycles. The summed E-state index contributed by atoms with van der Waals surface area (Å²) in [5, 5.41) is 0. The van der Waals surface area contributed by atoms with Gasteiger partial charge in [0.05, 0.1) is 0 Å². The maximum atomic E-state index is 13.7. The standard InChI is InChI=1S/C14H11BrF2N2O2/c1-6-3-7(2)19-14(11(6)13(18)20)21-10-5-8(15)4-9(16)12(10)17/h3-5H,1-2H3,(H2,18,20). The van der Waals surface area contributed by atoms with Crippen molar-refractivity contribution in [2.45, 2.75) is 13.8 Å². The Hall–Kier alpha value is -2.02. The Morgan fingerprint density at radius 1 is 1.29 bits per heavy atom. The molecule has 2 rings (SSSR count). The summed E-state index contributed by atoms with van der Waals surface area (Å²) >= 11 is 3.04. The number of ether oxygens (including phenoxy) is 1. The molecule has 110 valence electrons. The Morgan fingerprint density at radius 3 is 2.57 bits per heavy atom. The summed E-state index contributed by atoms with van der Waals surface area (Å²) in [5.74, 6) is -3.55. The van der Waals surface area contributed by atoms with Crippen molar-refractivity contribution in [2.75, 3.05) is 0 Å². The zero-order valence-corrected chi connectivity index (χ0v) is 12.8. The van der Waals surface area contributed by atoms with Crippen molar-refractivity contribution in [3.8, 4) is 11.6 Å². The third kappa shape index (κ3) is 3.18. The lowest BCUT2D eigenvalue weighted by Gasteiger charge is -2.12. The van der Waals surface area contributed by atoms with Gasteiger partial charge in [0, 0.05) is 10.2 Å². The largest absolute Gasteiger partial charge is 0.435 e. The van der Waals surface area contributed by atoms with Crippen molar-refractivity contribution in [1.82, 2.24) is 4.98 Å². The summed E-state index contributed by atoms with van der Waals surface area (Å²) in [6, 6.07) is 3.85. The fourth-order valence-electron chi connectivity index (χ4n) is 1.89. The monoisotopic (exact) mass is 356 g/mol. The number of pyridine rings is 1. The van der Waals surface area contributed by atoms with E-state index in [1.54, 1.807) is 19.9 Å². The van der Waals surface area contributed by atoms with Crippen LogP contribution in [0.4, 0.5) is 8.78 Å². The number of hydrogen-bond acceptors (Lipinski definition) is 3. The average Bonchev–Trinajstić information content (AvgIpc) is 2.33. The first-order valence-electron chi connectivity index (χ1n) is 5.90. The van der Waals surface area contributed by atoms with Crippen LogP contribution in [0.15, 0.2) is 22.7 Å². The second-order valence-corrected chi connectivity index (χ2v) is 5.34. The molecule has 2 aromatic rings. The molecule has 0 saturated heterocycles. The molecule has 0 atom stereocenters. The third-order valence-electron chi connectivity index (χ3n) is 2.72. The number of carbonyl (C=O) groups is 1. The molecule has 0 aliphatic rings. The zero-order chi connectivity index (χ0) is 15.7. The number of halogens is 3. The smallest absolute Gasteiger partial charge is 0.254 e. The van der Waals surface area contributed by atoms with Gasteiger partial charge in [-0.1, -0.05) is 15.9 Å². The predicted octanol–water partition coefficient (Wildman–Crippen LogP) is 3.63. The molecule has 1 amide bonds. The molecule has 0 saturated carbocycles. The van der Waals surface area contributed by atoms with Crippen LogP contribution in [-0.4, -0.2) is 10.9 Å². The highest BCUT2D eigenvalue weighted by Crippen LogP contribution is 2.31. The second-order valence-electron chi connectivity index (χ2n) is 4.43. The van der Waals surface area contributed by atoms with Crippen LogP contribution < -0.4 is 10.5 Å². The van der Waals surface area contributed by atoms with Crippen LogP contribution in [0.5, 0.6) is 11.6 Å². The van der Waals surface area contributed by atoms with Gasteiger partial charge in [-0.2, -0.15) is 4.39 Å². The van der Waals surface area contributed by atoms with Crippen molar-refractivity contribution >= 4 is 21.8 Å². The molecule has 7 heteroatoms. The van der Waals surface area contributed by atoms with Crippen molar-refractivity contribution < 1.29 is 18.3 Å². The topological polar surface area (TPSA) is 65.2 Å². The van der Waals surface area contributed by atoms with Gasteiger partial charge < -0.3 is 10.5 Å². The van der Waals surface area contributed by atoms with Crippen molar-refractivity contribution in [3.63, 3.8) is 0 Å². The molecular formula is C14H11BrF2N2O2. The van der Waals surface area contributed by atoms with Gasteiger partial charge in [0.1, 0.15) is 5.56 Å². The SMILES string of the molecule is Cc1cc(C)c(C(N)=O)c(Oc2cc(Br)cc(F)c2F)n1. The lowest BCUT2D eigenvalue weighted by Crippen LogP contribution is -2.15. The molecule has 1 heterocycles. The highest BCUT2D eigenvalue weighted by Gasteiger charge is 2.19. The quantitative estimate of drug-likeness (QED) is 0.854. The first-order chi connectivity index (χ1) is 9.79. The summed E-state index contributed by atoms with van der Waals surface area (Å²) in [6.07, 6.45) is 0. The molecule has 1 aromatic carbocycles. The zero-order valence-electron chi connectivity index (χ0n) is 11.2. The van der Waals surface area contributed by atoms with Crippen molar-refractivity contribution in [3.05, 3.63) is 51.1 Å². The first-order valence-corrected chi connectivity index (χ1v) is 6.69. The number of aromatic nitrogens is 1. The first kappa shape index (κ1) is 15.4. The van der Waals surface area contributed by atoms with Crippen LogP contribution in [0.25, 0.3) is 0 Å². The molecule has 0 radical (unpaired) electrons. The predicted molar refractivity (Wildman–Crippen MR) is 76.4 cm³/mol. The van der Waals surface area contributed by atoms with Gasteiger partial charge in [-0.3, -0.25) is 4.79 Å². The Labute approximate surface area is 128 Å². The molecule has 0 aliphatic heterocycles. The van der Waals surface area contributed by atoms with Gasteiger partial charge in [0.15, 0.2) is 11.6 Å². The fourth-order valence-corrected chi connectivity index (χ4v) is 2.30. The van der Waals surface area contributed by atoms with Gasteiger partial charge in [-0.25, -0.2) is 9.37 Å². The number of amides is 1. The molecule has 0 fully saturated rings. The summed E-state index contributed by atoms with van der Waals surface area (Å²) < 4.78 is 32.7. The average molecular weight is 357 g/mol. The number of hydrogen-bond donors (Lipinski definition) is 1. The van der Waals surface area contributed by atoms with Gasteiger partial charge >= 0.3 is 0 Å². The molecule has 0 unspecified atom stereocenters. The van der Waals surface area contributed by atoms with Crippen molar-refractivity contribution in [1.29, 1.82) is 0 Å². The maximum Gasteiger partial charge on any atom is 0.254 e. The van der Waals surface area contributed by atoms with Crippen LogP contribution in [0.2, 0.25) is 0 Å². The van der Waals surface area contributed by atoms with E-state index in [1.165, 1.54) is 6.07 Å². The molecule has 21 heavy (non-hydrogen) atoms. The molecule has 0 spiro atoms. The van der Waals surface area contributed by atoms with Gasteiger partial charge in [0.25, 0.3) is 5.91 Å². The normalized spacial score (nSPS) is 10.5. The van der Waals surface area contributed by atoms with E-state index >= 15 is 0 Å². The lowest BCUT2D eigenvalue weighted by molar-refractivity contribution is 0.0996. The van der Waals surface area contributed by atoms with E-state index in [9.17, 15) is 13.6 Å². The number of nitrogens with two attached hydrogens (primary N) is 1.